The van der Waals surface area contributed by atoms with Crippen LogP contribution in [0.25, 0.3) is 0 Å². The third-order valence-corrected chi connectivity index (χ3v) is 6.04. The topological polar surface area (TPSA) is 24.9 Å². The van der Waals surface area contributed by atoms with Crippen molar-refractivity contribution in [1.29, 1.82) is 0 Å². The number of benzene rings is 2. The van der Waals surface area contributed by atoms with E-state index in [1.54, 1.807) is 12.1 Å². The highest BCUT2D eigenvalue weighted by Crippen LogP contribution is 2.34. The molecule has 0 radical (unpaired) electrons. The summed E-state index contributed by atoms with van der Waals surface area (Å²) in [4.78, 5) is 5.19. The van der Waals surface area contributed by atoms with Crippen molar-refractivity contribution >= 4 is 0 Å². The first-order valence-electron chi connectivity index (χ1n) is 9.82. The van der Waals surface area contributed by atoms with E-state index in [4.69, 9.17) is 9.47 Å². The lowest BCUT2D eigenvalue weighted by atomic mass is 9.94. The summed E-state index contributed by atoms with van der Waals surface area (Å²) in [7, 11) is 0. The highest BCUT2D eigenvalue weighted by atomic mass is 19.1. The van der Waals surface area contributed by atoms with Gasteiger partial charge in [0.1, 0.15) is 5.82 Å². The molecule has 142 valence electrons. The molecule has 27 heavy (non-hydrogen) atoms. The number of hydrogen-bond donors (Lipinski definition) is 0. The Morgan fingerprint density at radius 2 is 1.67 bits per heavy atom. The Labute approximate surface area is 159 Å². The van der Waals surface area contributed by atoms with Gasteiger partial charge in [-0.1, -0.05) is 18.2 Å². The molecule has 4 nitrogen and oxygen atoms in total. The van der Waals surface area contributed by atoms with E-state index >= 15 is 0 Å². The zero-order valence-corrected chi connectivity index (χ0v) is 15.4. The molecule has 2 bridgehead atoms. The van der Waals surface area contributed by atoms with Crippen LogP contribution in [-0.2, 0) is 13.1 Å². The molecule has 0 spiro atoms. The van der Waals surface area contributed by atoms with Crippen LogP contribution in [0, 0.1) is 11.7 Å². The van der Waals surface area contributed by atoms with Gasteiger partial charge in [0.25, 0.3) is 0 Å². The molecule has 2 atom stereocenters. The molecule has 0 amide bonds. The first-order valence-corrected chi connectivity index (χ1v) is 9.82. The quantitative estimate of drug-likeness (QED) is 0.822. The van der Waals surface area contributed by atoms with Gasteiger partial charge >= 0.3 is 0 Å². The van der Waals surface area contributed by atoms with Gasteiger partial charge in [0.05, 0.1) is 0 Å². The summed E-state index contributed by atoms with van der Waals surface area (Å²) in [6.07, 6.45) is 2.57. The number of rotatable bonds is 4. The van der Waals surface area contributed by atoms with Gasteiger partial charge in [0.2, 0.25) is 6.79 Å². The van der Waals surface area contributed by atoms with E-state index in [-0.39, 0.29) is 5.82 Å². The summed E-state index contributed by atoms with van der Waals surface area (Å²) in [6.45, 7) is 5.56. The zero-order chi connectivity index (χ0) is 18.2. The van der Waals surface area contributed by atoms with Crippen LogP contribution in [0.1, 0.15) is 24.0 Å². The van der Waals surface area contributed by atoms with E-state index in [0.29, 0.717) is 18.8 Å². The van der Waals surface area contributed by atoms with Crippen LogP contribution in [0.3, 0.4) is 0 Å². The molecule has 5 heteroatoms. The van der Waals surface area contributed by atoms with Gasteiger partial charge in [-0.2, -0.15) is 0 Å². The largest absolute Gasteiger partial charge is 0.454 e. The summed E-state index contributed by atoms with van der Waals surface area (Å²) in [5.41, 5.74) is 2.48. The van der Waals surface area contributed by atoms with Crippen molar-refractivity contribution in [3.05, 3.63) is 59.4 Å². The van der Waals surface area contributed by atoms with Crippen molar-refractivity contribution in [3.63, 3.8) is 0 Å². The first kappa shape index (κ1) is 17.0. The molecule has 0 N–H and O–H groups in total. The van der Waals surface area contributed by atoms with Crippen molar-refractivity contribution < 1.29 is 13.9 Å². The zero-order valence-electron chi connectivity index (χ0n) is 15.4. The molecule has 6 rings (SSSR count). The van der Waals surface area contributed by atoms with E-state index in [2.05, 4.69) is 21.9 Å². The Morgan fingerprint density at radius 1 is 0.852 bits per heavy atom. The number of halogens is 1. The molecule has 3 fully saturated rings. The maximum atomic E-state index is 13.2. The third-order valence-electron chi connectivity index (χ3n) is 6.04. The molecular weight excluding hydrogens is 343 g/mol. The molecule has 0 saturated carbocycles. The average Bonchev–Trinajstić information content (AvgIpc) is 2.97. The first-order chi connectivity index (χ1) is 13.2. The second-order valence-corrected chi connectivity index (χ2v) is 8.03. The summed E-state index contributed by atoms with van der Waals surface area (Å²) in [5, 5.41) is 0. The molecule has 4 heterocycles. The highest BCUT2D eigenvalue weighted by Gasteiger charge is 2.34. The van der Waals surface area contributed by atoms with Crippen LogP contribution >= 0.6 is 0 Å². The van der Waals surface area contributed by atoms with Gasteiger partial charge in [0, 0.05) is 38.8 Å². The Morgan fingerprint density at radius 3 is 2.56 bits per heavy atom. The second-order valence-electron chi connectivity index (χ2n) is 8.03. The van der Waals surface area contributed by atoms with Gasteiger partial charge in [-0.05, 0) is 54.2 Å². The second kappa shape index (κ2) is 7.13. The van der Waals surface area contributed by atoms with E-state index < -0.39 is 0 Å². The minimum atomic E-state index is -0.162. The summed E-state index contributed by atoms with van der Waals surface area (Å²) < 4.78 is 24.1. The van der Waals surface area contributed by atoms with Crippen LogP contribution in [0.2, 0.25) is 0 Å². The smallest absolute Gasteiger partial charge is 0.231 e. The fourth-order valence-corrected chi connectivity index (χ4v) is 4.72. The predicted molar refractivity (Wildman–Crippen MR) is 101 cm³/mol. The number of ether oxygens (including phenoxy) is 2. The van der Waals surface area contributed by atoms with Crippen LogP contribution in [0.4, 0.5) is 4.39 Å². The highest BCUT2D eigenvalue weighted by molar-refractivity contribution is 5.44. The number of fused-ring (bicyclic) bond motifs is 5. The molecule has 2 unspecified atom stereocenters. The van der Waals surface area contributed by atoms with E-state index in [0.717, 1.165) is 44.2 Å². The standard InChI is InChI=1S/C22H25FN2O2/c23-19-5-1-16(2-6-19)10-24-11-18-3-7-20(14-24)25(13-18)12-17-4-8-21-22(9-17)27-15-26-21/h1-2,4-6,8-9,18,20H,3,7,10-15H2. The maximum Gasteiger partial charge on any atom is 0.231 e. The third kappa shape index (κ3) is 3.66. The Bertz CT molecular complexity index is 810. The van der Waals surface area contributed by atoms with Crippen molar-refractivity contribution in [2.24, 2.45) is 5.92 Å². The molecule has 2 aromatic carbocycles. The predicted octanol–water partition coefficient (Wildman–Crippen LogP) is 3.65. The summed E-state index contributed by atoms with van der Waals surface area (Å²) in [6, 6.07) is 13.8. The average molecular weight is 368 g/mol. The fourth-order valence-electron chi connectivity index (χ4n) is 4.72. The van der Waals surface area contributed by atoms with Gasteiger partial charge in [0.15, 0.2) is 11.5 Å². The monoisotopic (exact) mass is 368 g/mol. The summed E-state index contributed by atoms with van der Waals surface area (Å²) in [5.74, 6) is 2.26. The lowest BCUT2D eigenvalue weighted by Gasteiger charge is -2.36. The normalized spacial score (nSPS) is 24.9. The van der Waals surface area contributed by atoms with Crippen molar-refractivity contribution in [1.82, 2.24) is 9.80 Å². The van der Waals surface area contributed by atoms with Gasteiger partial charge in [-0.25, -0.2) is 4.39 Å². The fraction of sp³-hybridized carbons (Fsp3) is 0.455. The number of piperidine rings is 1. The Balaban J connectivity index is 1.27. The number of nitrogens with zero attached hydrogens (tertiary/aromatic N) is 2. The van der Waals surface area contributed by atoms with E-state index in [9.17, 15) is 4.39 Å². The minimum absolute atomic E-state index is 0.162. The molecule has 4 aliphatic rings. The molecule has 3 saturated heterocycles. The van der Waals surface area contributed by atoms with Crippen LogP contribution in [-0.4, -0.2) is 42.3 Å². The number of hydrogen-bond acceptors (Lipinski definition) is 4. The lowest BCUT2D eigenvalue weighted by Crippen LogP contribution is -2.43. The van der Waals surface area contributed by atoms with Crippen LogP contribution < -0.4 is 9.47 Å². The van der Waals surface area contributed by atoms with Crippen molar-refractivity contribution in [2.75, 3.05) is 26.4 Å². The molecule has 4 aliphatic heterocycles. The SMILES string of the molecule is Fc1ccc(CN2CC3CCC(C2)N(Cc2ccc4c(c2)OCO4)C3)cc1. The molecular formula is C22H25FN2O2. The van der Waals surface area contributed by atoms with Gasteiger partial charge in [-0.15, -0.1) is 0 Å². The van der Waals surface area contributed by atoms with E-state index in [1.807, 2.05) is 18.2 Å². The summed E-state index contributed by atoms with van der Waals surface area (Å²) >= 11 is 0. The van der Waals surface area contributed by atoms with Gasteiger partial charge < -0.3 is 9.47 Å². The van der Waals surface area contributed by atoms with E-state index in [1.165, 1.54) is 24.0 Å². The van der Waals surface area contributed by atoms with Crippen LogP contribution in [0.5, 0.6) is 11.5 Å². The van der Waals surface area contributed by atoms with Crippen LogP contribution in [0.15, 0.2) is 42.5 Å². The Kier molecular flexibility index (Phi) is 4.50. The molecule has 0 aliphatic carbocycles. The molecule has 0 aromatic heterocycles. The van der Waals surface area contributed by atoms with Gasteiger partial charge in [-0.3, -0.25) is 9.80 Å². The van der Waals surface area contributed by atoms with Crippen molar-refractivity contribution in [3.8, 4) is 11.5 Å². The Hall–Kier alpha value is -2.11. The lowest BCUT2D eigenvalue weighted by molar-refractivity contribution is 0.123. The minimum Gasteiger partial charge on any atom is -0.454 e. The maximum absolute atomic E-state index is 13.2. The molecule has 2 aromatic rings. The van der Waals surface area contributed by atoms with Crippen molar-refractivity contribution in [2.45, 2.75) is 32.0 Å².